The first kappa shape index (κ1) is 16.3. The lowest BCUT2D eigenvalue weighted by Gasteiger charge is -2.03. The summed E-state index contributed by atoms with van der Waals surface area (Å²) in [5, 5.41) is 6.44. The Labute approximate surface area is 154 Å². The second-order valence-corrected chi connectivity index (χ2v) is 6.87. The normalized spacial score (nSPS) is 14.3. The summed E-state index contributed by atoms with van der Waals surface area (Å²) in [6.07, 6.45) is 6.00. The number of pyridine rings is 1. The molecule has 7 heteroatoms. The predicted octanol–water partition coefficient (Wildman–Crippen LogP) is 2.94. The molecule has 1 aliphatic heterocycles. The van der Waals surface area contributed by atoms with Gasteiger partial charge in [-0.1, -0.05) is 6.07 Å². The van der Waals surface area contributed by atoms with Gasteiger partial charge in [-0.15, -0.1) is 11.3 Å². The molecule has 0 saturated heterocycles. The van der Waals surface area contributed by atoms with Crippen LogP contribution in [-0.2, 0) is 11.2 Å². The molecule has 2 amide bonds. The molecule has 0 radical (unpaired) electrons. The summed E-state index contributed by atoms with van der Waals surface area (Å²) in [5.41, 5.74) is 3.11. The number of hydrogen-bond donors (Lipinski definition) is 3. The van der Waals surface area contributed by atoms with Crippen molar-refractivity contribution in [3.8, 4) is 0 Å². The van der Waals surface area contributed by atoms with E-state index in [-0.39, 0.29) is 11.8 Å². The maximum absolute atomic E-state index is 12.4. The number of amides is 2. The van der Waals surface area contributed by atoms with Gasteiger partial charge in [0.1, 0.15) is 5.00 Å². The number of rotatable bonds is 5. The number of anilines is 1. The van der Waals surface area contributed by atoms with Gasteiger partial charge in [0, 0.05) is 42.3 Å². The molecule has 4 heterocycles. The van der Waals surface area contributed by atoms with Gasteiger partial charge in [-0.25, -0.2) is 0 Å². The van der Waals surface area contributed by atoms with Gasteiger partial charge in [-0.2, -0.15) is 0 Å². The van der Waals surface area contributed by atoms with Gasteiger partial charge in [0.05, 0.1) is 10.5 Å². The molecular formula is C19H16N4O2S. The molecule has 6 nitrogen and oxygen atoms in total. The van der Waals surface area contributed by atoms with Gasteiger partial charge in [0.25, 0.3) is 11.8 Å². The lowest BCUT2D eigenvalue weighted by Crippen LogP contribution is -2.25. The minimum Gasteiger partial charge on any atom is -0.362 e. The van der Waals surface area contributed by atoms with Crippen LogP contribution in [0.15, 0.2) is 48.8 Å². The molecule has 3 N–H and O–H groups in total. The van der Waals surface area contributed by atoms with E-state index < -0.39 is 0 Å². The van der Waals surface area contributed by atoms with E-state index in [0.29, 0.717) is 28.4 Å². The van der Waals surface area contributed by atoms with E-state index in [1.807, 2.05) is 30.3 Å². The van der Waals surface area contributed by atoms with Crippen LogP contribution >= 0.6 is 11.3 Å². The van der Waals surface area contributed by atoms with Crippen LogP contribution in [0.3, 0.4) is 0 Å². The topological polar surface area (TPSA) is 86.9 Å². The Balaban J connectivity index is 1.46. The Morgan fingerprint density at radius 1 is 1.27 bits per heavy atom. The monoisotopic (exact) mass is 364 g/mol. The van der Waals surface area contributed by atoms with Crippen LogP contribution in [-0.4, -0.2) is 28.3 Å². The summed E-state index contributed by atoms with van der Waals surface area (Å²) in [7, 11) is 0. The van der Waals surface area contributed by atoms with Gasteiger partial charge < -0.3 is 15.6 Å². The smallest absolute Gasteiger partial charge is 0.261 e. The van der Waals surface area contributed by atoms with Crippen molar-refractivity contribution in [2.24, 2.45) is 0 Å². The lowest BCUT2D eigenvalue weighted by atomic mass is 10.1. The number of carbonyl (C=O) groups is 2. The summed E-state index contributed by atoms with van der Waals surface area (Å²) in [4.78, 5) is 32.4. The van der Waals surface area contributed by atoms with Crippen molar-refractivity contribution >= 4 is 39.8 Å². The van der Waals surface area contributed by atoms with Crippen LogP contribution in [0.1, 0.15) is 26.6 Å². The van der Waals surface area contributed by atoms with Crippen LogP contribution in [0.5, 0.6) is 0 Å². The molecule has 0 bridgehead atoms. The van der Waals surface area contributed by atoms with Crippen LogP contribution < -0.4 is 10.6 Å². The van der Waals surface area contributed by atoms with Crippen LogP contribution in [0.25, 0.3) is 11.6 Å². The Bertz CT molecular complexity index is 974. The van der Waals surface area contributed by atoms with Crippen LogP contribution in [0, 0.1) is 0 Å². The SMILES string of the molecule is O=C1Nc2sc(C(=O)NCCc3ccccn3)cc2/C1=C/c1ccc[nH]1. The number of thiophene rings is 1. The van der Waals surface area contributed by atoms with E-state index in [4.69, 9.17) is 0 Å². The third-order valence-corrected chi connectivity index (χ3v) is 5.08. The Morgan fingerprint density at radius 3 is 2.96 bits per heavy atom. The van der Waals surface area contributed by atoms with Crippen LogP contribution in [0.4, 0.5) is 5.00 Å². The number of hydrogen-bond acceptors (Lipinski definition) is 4. The lowest BCUT2D eigenvalue weighted by molar-refractivity contribution is -0.110. The molecule has 0 aliphatic carbocycles. The van der Waals surface area contributed by atoms with Crippen molar-refractivity contribution in [2.45, 2.75) is 6.42 Å². The number of H-pyrrole nitrogens is 1. The van der Waals surface area contributed by atoms with E-state index >= 15 is 0 Å². The fourth-order valence-electron chi connectivity index (χ4n) is 2.76. The zero-order chi connectivity index (χ0) is 17.9. The molecular weight excluding hydrogens is 348 g/mol. The molecule has 0 spiro atoms. The number of nitrogens with one attached hydrogen (secondary N) is 3. The van der Waals surface area contributed by atoms with Gasteiger partial charge in [0.15, 0.2) is 0 Å². The van der Waals surface area contributed by atoms with E-state index in [1.54, 1.807) is 24.5 Å². The number of fused-ring (bicyclic) bond motifs is 1. The molecule has 26 heavy (non-hydrogen) atoms. The third-order valence-electron chi connectivity index (χ3n) is 4.03. The van der Waals surface area contributed by atoms with Crippen LogP contribution in [0.2, 0.25) is 0 Å². The van der Waals surface area contributed by atoms with E-state index in [9.17, 15) is 9.59 Å². The van der Waals surface area contributed by atoms with Crippen molar-refractivity contribution in [1.29, 1.82) is 0 Å². The first-order chi connectivity index (χ1) is 12.7. The zero-order valence-electron chi connectivity index (χ0n) is 13.8. The Kier molecular flexibility index (Phi) is 4.37. The maximum Gasteiger partial charge on any atom is 0.261 e. The van der Waals surface area contributed by atoms with Gasteiger partial charge in [-0.3, -0.25) is 14.6 Å². The number of aromatic nitrogens is 2. The van der Waals surface area contributed by atoms with Gasteiger partial charge >= 0.3 is 0 Å². The fraction of sp³-hybridized carbons (Fsp3) is 0.105. The minimum absolute atomic E-state index is 0.145. The maximum atomic E-state index is 12.4. The van der Waals surface area contributed by atoms with E-state index in [2.05, 4.69) is 20.6 Å². The zero-order valence-corrected chi connectivity index (χ0v) is 14.6. The van der Waals surface area contributed by atoms with Crippen molar-refractivity contribution in [1.82, 2.24) is 15.3 Å². The predicted molar refractivity (Wildman–Crippen MR) is 102 cm³/mol. The molecule has 3 aromatic rings. The molecule has 0 saturated carbocycles. The van der Waals surface area contributed by atoms with E-state index in [0.717, 1.165) is 17.0 Å². The summed E-state index contributed by atoms with van der Waals surface area (Å²) >= 11 is 1.29. The first-order valence-electron chi connectivity index (χ1n) is 8.19. The molecule has 130 valence electrons. The fourth-order valence-corrected chi connectivity index (χ4v) is 3.74. The highest BCUT2D eigenvalue weighted by molar-refractivity contribution is 7.18. The molecule has 3 aromatic heterocycles. The van der Waals surface area contributed by atoms with Crippen molar-refractivity contribution in [2.75, 3.05) is 11.9 Å². The second-order valence-electron chi connectivity index (χ2n) is 5.82. The van der Waals surface area contributed by atoms with E-state index in [1.165, 1.54) is 11.3 Å². The summed E-state index contributed by atoms with van der Waals surface area (Å²) in [6.45, 7) is 0.510. The highest BCUT2D eigenvalue weighted by Crippen LogP contribution is 2.39. The second kappa shape index (κ2) is 6.97. The molecule has 1 aliphatic rings. The molecule has 0 aromatic carbocycles. The largest absolute Gasteiger partial charge is 0.362 e. The Hall–Kier alpha value is -3.19. The average molecular weight is 364 g/mol. The quantitative estimate of drug-likeness (QED) is 0.608. The number of aromatic amines is 1. The Morgan fingerprint density at radius 2 is 2.19 bits per heavy atom. The molecule has 4 rings (SSSR count). The highest BCUT2D eigenvalue weighted by atomic mass is 32.1. The number of nitrogens with zero attached hydrogens (tertiary/aromatic N) is 1. The van der Waals surface area contributed by atoms with Gasteiger partial charge in [0.2, 0.25) is 0 Å². The average Bonchev–Trinajstić information content (AvgIpc) is 3.35. The molecule has 0 unspecified atom stereocenters. The molecule has 0 fully saturated rings. The van der Waals surface area contributed by atoms with Crippen molar-refractivity contribution in [3.05, 3.63) is 70.6 Å². The summed E-state index contributed by atoms with van der Waals surface area (Å²) in [5.74, 6) is -0.295. The summed E-state index contributed by atoms with van der Waals surface area (Å²) in [6, 6.07) is 11.2. The van der Waals surface area contributed by atoms with Crippen molar-refractivity contribution in [3.63, 3.8) is 0 Å². The first-order valence-corrected chi connectivity index (χ1v) is 9.01. The van der Waals surface area contributed by atoms with Gasteiger partial charge in [-0.05, 0) is 36.4 Å². The minimum atomic E-state index is -0.150. The third kappa shape index (κ3) is 3.29. The highest BCUT2D eigenvalue weighted by Gasteiger charge is 2.28. The standard InChI is InChI=1S/C19H16N4O2S/c24-17-14(10-13-5-3-8-21-13)15-11-16(26-19(15)23-17)18(25)22-9-6-12-4-1-2-7-20-12/h1-5,7-8,10-11,21H,6,9H2,(H,22,25)(H,23,24)/b14-10-. The number of carbonyl (C=O) groups excluding carboxylic acids is 2. The summed E-state index contributed by atoms with van der Waals surface area (Å²) < 4.78 is 0. The molecule has 0 atom stereocenters. The van der Waals surface area contributed by atoms with Crippen molar-refractivity contribution < 1.29 is 9.59 Å².